The van der Waals surface area contributed by atoms with Gasteiger partial charge in [-0.05, 0) is 27.8 Å². The van der Waals surface area contributed by atoms with Gasteiger partial charge in [-0.25, -0.2) is 5.43 Å². The number of nitrogens with one attached hydrogen (secondary N) is 1. The summed E-state index contributed by atoms with van der Waals surface area (Å²) in [4.78, 5) is 12.3. The van der Waals surface area contributed by atoms with Crippen LogP contribution in [0.25, 0.3) is 21.5 Å². The van der Waals surface area contributed by atoms with Gasteiger partial charge in [-0.3, -0.25) is 4.79 Å². The van der Waals surface area contributed by atoms with Crippen molar-refractivity contribution in [3.63, 3.8) is 0 Å². The van der Waals surface area contributed by atoms with Crippen LogP contribution in [-0.2, 0) is 11.2 Å². The number of rotatable bonds is 4. The minimum atomic E-state index is -0.206. The number of aromatic hydroxyl groups is 1. The van der Waals surface area contributed by atoms with Crippen LogP contribution >= 0.6 is 0 Å². The van der Waals surface area contributed by atoms with Gasteiger partial charge < -0.3 is 5.11 Å². The van der Waals surface area contributed by atoms with Crippen LogP contribution in [0, 0.1) is 0 Å². The normalized spacial score (nSPS) is 11.3. The SMILES string of the molecule is O=C(Cc1cccc2ccccc12)N/N=C/c1ccc2ccccc2c1O. The number of hydrogen-bond acceptors (Lipinski definition) is 3. The Morgan fingerprint density at radius 3 is 2.33 bits per heavy atom. The zero-order chi connectivity index (χ0) is 18.6. The zero-order valence-electron chi connectivity index (χ0n) is 14.6. The zero-order valence-corrected chi connectivity index (χ0v) is 14.6. The Morgan fingerprint density at radius 2 is 1.52 bits per heavy atom. The molecule has 2 N–H and O–H groups in total. The molecule has 0 heterocycles. The number of hydrogen-bond donors (Lipinski definition) is 2. The molecular weight excluding hydrogens is 336 g/mol. The fourth-order valence-electron chi connectivity index (χ4n) is 3.21. The fourth-order valence-corrected chi connectivity index (χ4v) is 3.21. The summed E-state index contributed by atoms with van der Waals surface area (Å²) in [5.41, 5.74) is 4.05. The van der Waals surface area contributed by atoms with Crippen LogP contribution in [0.2, 0.25) is 0 Å². The van der Waals surface area contributed by atoms with Gasteiger partial charge in [0.05, 0.1) is 12.6 Å². The Balaban J connectivity index is 1.48. The summed E-state index contributed by atoms with van der Waals surface area (Å²) in [6.45, 7) is 0. The lowest BCUT2D eigenvalue weighted by molar-refractivity contribution is -0.120. The maximum Gasteiger partial charge on any atom is 0.244 e. The number of hydrazone groups is 1. The van der Waals surface area contributed by atoms with Gasteiger partial charge >= 0.3 is 0 Å². The van der Waals surface area contributed by atoms with Crippen molar-refractivity contribution in [2.24, 2.45) is 5.10 Å². The van der Waals surface area contributed by atoms with E-state index in [9.17, 15) is 9.90 Å². The molecule has 132 valence electrons. The highest BCUT2D eigenvalue weighted by Crippen LogP contribution is 2.27. The third-order valence-corrected chi connectivity index (χ3v) is 4.56. The molecule has 0 unspecified atom stereocenters. The first kappa shape index (κ1) is 16.8. The third-order valence-electron chi connectivity index (χ3n) is 4.56. The molecule has 0 bridgehead atoms. The minimum Gasteiger partial charge on any atom is -0.507 e. The monoisotopic (exact) mass is 354 g/mol. The highest BCUT2D eigenvalue weighted by atomic mass is 16.3. The largest absolute Gasteiger partial charge is 0.507 e. The van der Waals surface area contributed by atoms with Gasteiger partial charge in [-0.1, -0.05) is 72.8 Å². The first-order chi connectivity index (χ1) is 13.2. The van der Waals surface area contributed by atoms with Crippen molar-refractivity contribution in [3.05, 3.63) is 90.0 Å². The first-order valence-electron chi connectivity index (χ1n) is 8.71. The Bertz CT molecular complexity index is 1160. The second-order valence-corrected chi connectivity index (χ2v) is 6.33. The number of benzene rings is 4. The Hall–Kier alpha value is -3.66. The predicted octanol–water partition coefficient (Wildman–Crippen LogP) is 4.39. The van der Waals surface area contributed by atoms with E-state index in [1.54, 1.807) is 6.07 Å². The van der Waals surface area contributed by atoms with Crippen molar-refractivity contribution >= 4 is 33.7 Å². The molecule has 0 spiro atoms. The van der Waals surface area contributed by atoms with Crippen molar-refractivity contribution in [1.29, 1.82) is 0 Å². The van der Waals surface area contributed by atoms with Crippen LogP contribution in [0.5, 0.6) is 5.75 Å². The van der Waals surface area contributed by atoms with Crippen molar-refractivity contribution in [3.8, 4) is 5.75 Å². The number of amides is 1. The van der Waals surface area contributed by atoms with Gasteiger partial charge in [0.25, 0.3) is 0 Å². The van der Waals surface area contributed by atoms with Crippen molar-refractivity contribution < 1.29 is 9.90 Å². The Kier molecular flexibility index (Phi) is 4.54. The number of fused-ring (bicyclic) bond motifs is 2. The first-order valence-corrected chi connectivity index (χ1v) is 8.71. The van der Waals surface area contributed by atoms with E-state index in [-0.39, 0.29) is 18.1 Å². The van der Waals surface area contributed by atoms with E-state index in [0.717, 1.165) is 27.1 Å². The molecule has 4 rings (SSSR count). The number of nitrogens with zero attached hydrogens (tertiary/aromatic N) is 1. The molecule has 0 fully saturated rings. The van der Waals surface area contributed by atoms with Crippen LogP contribution in [0.4, 0.5) is 0 Å². The van der Waals surface area contributed by atoms with Gasteiger partial charge in [0, 0.05) is 10.9 Å². The van der Waals surface area contributed by atoms with Crippen molar-refractivity contribution in [2.45, 2.75) is 6.42 Å². The van der Waals surface area contributed by atoms with Crippen LogP contribution < -0.4 is 5.43 Å². The third kappa shape index (κ3) is 3.51. The number of phenols is 1. The van der Waals surface area contributed by atoms with Gasteiger partial charge in [-0.2, -0.15) is 5.10 Å². The highest BCUT2D eigenvalue weighted by molar-refractivity contribution is 5.97. The molecule has 1 amide bonds. The second-order valence-electron chi connectivity index (χ2n) is 6.33. The predicted molar refractivity (Wildman–Crippen MR) is 109 cm³/mol. The van der Waals surface area contributed by atoms with Crippen LogP contribution in [0.15, 0.2) is 84.0 Å². The smallest absolute Gasteiger partial charge is 0.244 e. The van der Waals surface area contributed by atoms with Gasteiger partial charge in [0.1, 0.15) is 5.75 Å². The molecule has 0 saturated heterocycles. The summed E-state index contributed by atoms with van der Waals surface area (Å²) in [6, 6.07) is 25.1. The van der Waals surface area contributed by atoms with E-state index >= 15 is 0 Å². The molecular formula is C23H18N2O2. The Morgan fingerprint density at radius 1 is 0.852 bits per heavy atom. The summed E-state index contributed by atoms with van der Waals surface area (Å²) < 4.78 is 0. The van der Waals surface area contributed by atoms with Crippen LogP contribution in [0.3, 0.4) is 0 Å². The maximum atomic E-state index is 12.3. The molecule has 4 aromatic carbocycles. The van der Waals surface area contributed by atoms with Gasteiger partial charge in [0.2, 0.25) is 5.91 Å². The molecule has 0 aliphatic rings. The fraction of sp³-hybridized carbons (Fsp3) is 0.0435. The highest BCUT2D eigenvalue weighted by Gasteiger charge is 2.07. The number of carbonyl (C=O) groups excluding carboxylic acids is 1. The van der Waals surface area contributed by atoms with E-state index in [1.165, 1.54) is 6.21 Å². The van der Waals surface area contributed by atoms with E-state index in [4.69, 9.17) is 0 Å². The molecule has 0 aromatic heterocycles. The minimum absolute atomic E-state index is 0.153. The van der Waals surface area contributed by atoms with Crippen LogP contribution in [0.1, 0.15) is 11.1 Å². The topological polar surface area (TPSA) is 61.7 Å². The average Bonchev–Trinajstić information content (AvgIpc) is 2.70. The Labute approximate surface area is 156 Å². The molecule has 4 aromatic rings. The lowest BCUT2D eigenvalue weighted by Gasteiger charge is -2.06. The molecule has 0 atom stereocenters. The van der Waals surface area contributed by atoms with Gasteiger partial charge in [0.15, 0.2) is 0 Å². The lowest BCUT2D eigenvalue weighted by atomic mass is 10.0. The average molecular weight is 354 g/mol. The number of phenolic OH excluding ortho intramolecular Hbond substituents is 1. The molecule has 0 aliphatic carbocycles. The van der Waals surface area contributed by atoms with Crippen LogP contribution in [-0.4, -0.2) is 17.2 Å². The van der Waals surface area contributed by atoms with E-state index < -0.39 is 0 Å². The molecule has 4 heteroatoms. The van der Waals surface area contributed by atoms with E-state index in [1.807, 2.05) is 72.8 Å². The summed E-state index contributed by atoms with van der Waals surface area (Å²) in [7, 11) is 0. The van der Waals surface area contributed by atoms with Crippen molar-refractivity contribution in [1.82, 2.24) is 5.43 Å². The summed E-state index contributed by atoms with van der Waals surface area (Å²) >= 11 is 0. The van der Waals surface area contributed by atoms with Gasteiger partial charge in [-0.15, -0.1) is 0 Å². The standard InChI is InChI=1S/C23H18N2O2/c26-22(14-18-9-5-8-16-6-1-3-10-20(16)18)25-24-15-19-13-12-17-7-2-4-11-21(17)23(19)27/h1-13,15,27H,14H2,(H,25,26)/b24-15+. The summed E-state index contributed by atoms with van der Waals surface area (Å²) in [5, 5.41) is 18.2. The second kappa shape index (κ2) is 7.30. The molecule has 0 aliphatic heterocycles. The van der Waals surface area contributed by atoms with E-state index in [0.29, 0.717) is 5.56 Å². The summed E-state index contributed by atoms with van der Waals surface area (Å²) in [6.07, 6.45) is 1.70. The molecule has 0 saturated carbocycles. The van der Waals surface area contributed by atoms with E-state index in [2.05, 4.69) is 10.5 Å². The lowest BCUT2D eigenvalue weighted by Crippen LogP contribution is -2.19. The quantitative estimate of drug-likeness (QED) is 0.422. The molecule has 4 nitrogen and oxygen atoms in total. The molecule has 0 radical (unpaired) electrons. The maximum absolute atomic E-state index is 12.3. The number of carbonyl (C=O) groups is 1. The van der Waals surface area contributed by atoms with Crippen molar-refractivity contribution in [2.75, 3.05) is 0 Å². The summed E-state index contributed by atoms with van der Waals surface area (Å²) in [5.74, 6) is -0.0527. The molecule has 27 heavy (non-hydrogen) atoms.